The Labute approximate surface area is 123 Å². The van der Waals surface area contributed by atoms with Gasteiger partial charge in [0.1, 0.15) is 0 Å². The van der Waals surface area contributed by atoms with Crippen LogP contribution in [0.4, 0.5) is 5.69 Å². The van der Waals surface area contributed by atoms with Crippen LogP contribution in [0.3, 0.4) is 0 Å². The highest BCUT2D eigenvalue weighted by molar-refractivity contribution is 7.89. The summed E-state index contributed by atoms with van der Waals surface area (Å²) in [5.74, 6) is 0. The zero-order valence-corrected chi connectivity index (χ0v) is 12.7. The van der Waals surface area contributed by atoms with E-state index in [1.807, 2.05) is 0 Å². The summed E-state index contributed by atoms with van der Waals surface area (Å²) in [7, 11) is -2.13. The van der Waals surface area contributed by atoms with Crippen LogP contribution in [0.15, 0.2) is 40.0 Å². The topological polar surface area (TPSA) is 76.5 Å². The maximum Gasteiger partial charge on any atom is 0.243 e. The van der Waals surface area contributed by atoms with Crippen molar-refractivity contribution in [2.45, 2.75) is 18.4 Å². The number of furan rings is 1. The monoisotopic (exact) mass is 314 g/mol. The molecule has 0 radical (unpaired) electrons. The summed E-state index contributed by atoms with van der Waals surface area (Å²) in [6.45, 7) is 1.91. The van der Waals surface area contributed by atoms with Crippen LogP contribution in [0.5, 0.6) is 0 Å². The summed E-state index contributed by atoms with van der Waals surface area (Å²) >= 11 is 5.88. The van der Waals surface area contributed by atoms with Crippen molar-refractivity contribution in [2.75, 3.05) is 12.8 Å². The lowest BCUT2D eigenvalue weighted by Gasteiger charge is -2.18. The van der Waals surface area contributed by atoms with E-state index < -0.39 is 10.0 Å². The molecule has 0 aliphatic rings. The van der Waals surface area contributed by atoms with Crippen molar-refractivity contribution < 1.29 is 12.8 Å². The number of sulfonamides is 1. The quantitative estimate of drug-likeness (QED) is 0.880. The fourth-order valence-corrected chi connectivity index (χ4v) is 3.45. The van der Waals surface area contributed by atoms with E-state index in [1.54, 1.807) is 19.1 Å². The van der Waals surface area contributed by atoms with Gasteiger partial charge in [-0.05, 0) is 30.7 Å². The summed E-state index contributed by atoms with van der Waals surface area (Å²) < 4.78 is 31.3. The molecule has 108 valence electrons. The molecular formula is C13H15ClN2O3S. The zero-order valence-electron chi connectivity index (χ0n) is 11.1. The van der Waals surface area contributed by atoms with Gasteiger partial charge in [-0.1, -0.05) is 11.6 Å². The van der Waals surface area contributed by atoms with Crippen molar-refractivity contribution in [3.8, 4) is 0 Å². The van der Waals surface area contributed by atoms with Crippen LogP contribution in [-0.4, -0.2) is 19.8 Å². The second-order valence-electron chi connectivity index (χ2n) is 4.53. The smallest absolute Gasteiger partial charge is 0.243 e. The molecule has 20 heavy (non-hydrogen) atoms. The van der Waals surface area contributed by atoms with Gasteiger partial charge in [-0.15, -0.1) is 0 Å². The Balaban J connectivity index is 2.37. The van der Waals surface area contributed by atoms with Gasteiger partial charge >= 0.3 is 0 Å². The number of rotatable bonds is 4. The number of nitrogens with two attached hydrogens (primary N) is 1. The highest BCUT2D eigenvalue weighted by Crippen LogP contribution is 2.28. The van der Waals surface area contributed by atoms with Crippen LogP contribution in [0, 0.1) is 6.92 Å². The molecule has 0 amide bonds. The molecule has 7 heteroatoms. The largest absolute Gasteiger partial charge is 0.472 e. The fraction of sp³-hybridized carbons (Fsp3) is 0.231. The minimum atomic E-state index is -3.63. The van der Waals surface area contributed by atoms with Crippen molar-refractivity contribution in [2.24, 2.45) is 0 Å². The van der Waals surface area contributed by atoms with Crippen molar-refractivity contribution >= 4 is 27.3 Å². The van der Waals surface area contributed by atoms with Gasteiger partial charge in [-0.3, -0.25) is 0 Å². The Morgan fingerprint density at radius 1 is 1.40 bits per heavy atom. The molecule has 0 bridgehead atoms. The maximum atomic E-state index is 12.5. The standard InChI is InChI=1S/C13H15ClN2O3S/c1-9-5-11(14)12(15)6-13(9)20(17,18)16(2)7-10-3-4-19-8-10/h3-6,8H,7,15H2,1-2H3. The number of nitrogen functional groups attached to an aromatic ring is 1. The Bertz CT molecular complexity index is 711. The molecule has 0 saturated carbocycles. The highest BCUT2D eigenvalue weighted by Gasteiger charge is 2.24. The number of hydrogen-bond acceptors (Lipinski definition) is 4. The van der Waals surface area contributed by atoms with Crippen molar-refractivity contribution in [1.82, 2.24) is 4.31 Å². The first-order chi connectivity index (χ1) is 9.32. The van der Waals surface area contributed by atoms with Crippen LogP contribution >= 0.6 is 11.6 Å². The summed E-state index contributed by atoms with van der Waals surface area (Å²) in [5.41, 5.74) is 7.27. The molecule has 0 atom stereocenters. The second kappa shape index (κ2) is 5.47. The molecule has 0 spiro atoms. The van der Waals surface area contributed by atoms with E-state index in [9.17, 15) is 8.42 Å². The van der Waals surface area contributed by atoms with E-state index in [-0.39, 0.29) is 17.1 Å². The predicted molar refractivity (Wildman–Crippen MR) is 78.0 cm³/mol. The minimum absolute atomic E-state index is 0.158. The first-order valence-corrected chi connectivity index (χ1v) is 7.67. The predicted octanol–water partition coefficient (Wildman–Crippen LogP) is 2.64. The summed E-state index contributed by atoms with van der Waals surface area (Å²) in [6.07, 6.45) is 3.01. The maximum absolute atomic E-state index is 12.5. The zero-order chi connectivity index (χ0) is 14.9. The van der Waals surface area contributed by atoms with E-state index >= 15 is 0 Å². The Morgan fingerprint density at radius 2 is 2.10 bits per heavy atom. The van der Waals surface area contributed by atoms with E-state index in [0.717, 1.165) is 5.56 Å². The number of aryl methyl sites for hydroxylation is 1. The minimum Gasteiger partial charge on any atom is -0.472 e. The van der Waals surface area contributed by atoms with Crippen LogP contribution in [0.1, 0.15) is 11.1 Å². The number of nitrogens with zero attached hydrogens (tertiary/aromatic N) is 1. The normalized spacial score (nSPS) is 12.0. The molecule has 2 rings (SSSR count). The van der Waals surface area contributed by atoms with Gasteiger partial charge < -0.3 is 10.2 Å². The van der Waals surface area contributed by atoms with Crippen LogP contribution < -0.4 is 5.73 Å². The summed E-state index contributed by atoms with van der Waals surface area (Å²) in [4.78, 5) is 0.158. The van der Waals surface area contributed by atoms with Crippen LogP contribution in [0.25, 0.3) is 0 Å². The molecule has 0 fully saturated rings. The van der Waals surface area contributed by atoms with E-state index in [0.29, 0.717) is 10.6 Å². The van der Waals surface area contributed by atoms with Gasteiger partial charge in [0.15, 0.2) is 0 Å². The third kappa shape index (κ3) is 2.82. The second-order valence-corrected chi connectivity index (χ2v) is 6.95. The lowest BCUT2D eigenvalue weighted by Crippen LogP contribution is -2.27. The number of hydrogen-bond donors (Lipinski definition) is 1. The Hall–Kier alpha value is -1.50. The van der Waals surface area contributed by atoms with E-state index in [4.69, 9.17) is 21.8 Å². The van der Waals surface area contributed by atoms with Gasteiger partial charge in [0.05, 0.1) is 28.1 Å². The molecule has 0 saturated heterocycles. The lowest BCUT2D eigenvalue weighted by molar-refractivity contribution is 0.463. The highest BCUT2D eigenvalue weighted by atomic mass is 35.5. The van der Waals surface area contributed by atoms with Crippen LogP contribution in [-0.2, 0) is 16.6 Å². The molecule has 2 aromatic rings. The van der Waals surface area contributed by atoms with Crippen LogP contribution in [0.2, 0.25) is 5.02 Å². The average molecular weight is 315 g/mol. The molecule has 5 nitrogen and oxygen atoms in total. The van der Waals surface area contributed by atoms with Crippen molar-refractivity contribution in [1.29, 1.82) is 0 Å². The lowest BCUT2D eigenvalue weighted by atomic mass is 10.2. The third-order valence-corrected chi connectivity index (χ3v) is 5.24. The van der Waals surface area contributed by atoms with Gasteiger partial charge in [-0.25, -0.2) is 8.42 Å². The third-order valence-electron chi connectivity index (χ3n) is 2.97. The molecule has 1 aromatic heterocycles. The molecule has 1 heterocycles. The van der Waals surface area contributed by atoms with E-state index in [1.165, 1.54) is 29.9 Å². The van der Waals surface area contributed by atoms with Gasteiger partial charge in [0.2, 0.25) is 10.0 Å². The summed E-state index contributed by atoms with van der Waals surface area (Å²) in [5, 5.41) is 0.346. The van der Waals surface area contributed by atoms with Gasteiger partial charge in [0, 0.05) is 19.2 Å². The Morgan fingerprint density at radius 3 is 2.70 bits per heavy atom. The van der Waals surface area contributed by atoms with Gasteiger partial charge in [0.25, 0.3) is 0 Å². The molecular weight excluding hydrogens is 300 g/mol. The molecule has 2 N–H and O–H groups in total. The molecule has 0 aliphatic heterocycles. The van der Waals surface area contributed by atoms with E-state index in [2.05, 4.69) is 0 Å². The number of anilines is 1. The molecule has 0 aliphatic carbocycles. The number of benzene rings is 1. The molecule has 1 aromatic carbocycles. The van der Waals surface area contributed by atoms with Crippen molar-refractivity contribution in [3.63, 3.8) is 0 Å². The molecule has 0 unspecified atom stereocenters. The van der Waals surface area contributed by atoms with Crippen molar-refractivity contribution in [3.05, 3.63) is 46.9 Å². The Kier molecular flexibility index (Phi) is 4.08. The SMILES string of the molecule is Cc1cc(Cl)c(N)cc1S(=O)(=O)N(C)Cc1ccoc1. The number of halogens is 1. The fourth-order valence-electron chi connectivity index (χ4n) is 1.84. The summed E-state index contributed by atoms with van der Waals surface area (Å²) in [6, 6.07) is 4.66. The van der Waals surface area contributed by atoms with Gasteiger partial charge in [-0.2, -0.15) is 4.31 Å². The first-order valence-electron chi connectivity index (χ1n) is 5.85. The average Bonchev–Trinajstić information content (AvgIpc) is 2.86. The first kappa shape index (κ1) is 14.9.